The number of nitrogens with one attached hydrogen (secondary N) is 1. The molecule has 2 aliphatic rings. The monoisotopic (exact) mass is 573 g/mol. The van der Waals surface area contributed by atoms with Gasteiger partial charge in [0.1, 0.15) is 18.1 Å². The number of methoxy groups -OCH3 is 2. The molecule has 7 heteroatoms. The molecular formula is C34H59N3O4. The lowest BCUT2D eigenvalue weighted by Gasteiger charge is -2.31. The van der Waals surface area contributed by atoms with Crippen LogP contribution < -0.4 is 19.7 Å². The summed E-state index contributed by atoms with van der Waals surface area (Å²) >= 11 is 0. The zero-order chi connectivity index (χ0) is 30.0. The van der Waals surface area contributed by atoms with E-state index in [-0.39, 0.29) is 8.03 Å². The van der Waals surface area contributed by atoms with E-state index in [1.54, 1.807) is 14.2 Å². The van der Waals surface area contributed by atoms with Gasteiger partial charge in [-0.05, 0) is 100.0 Å². The highest BCUT2D eigenvalue weighted by Crippen LogP contribution is 2.32. The summed E-state index contributed by atoms with van der Waals surface area (Å²) in [6.07, 6.45) is 4.77. The predicted molar refractivity (Wildman–Crippen MR) is 174 cm³/mol. The van der Waals surface area contributed by atoms with Gasteiger partial charge in [-0.25, -0.2) is 0 Å². The van der Waals surface area contributed by atoms with E-state index in [1.807, 2.05) is 18.2 Å². The van der Waals surface area contributed by atoms with Gasteiger partial charge < -0.3 is 34.4 Å². The molecule has 41 heavy (non-hydrogen) atoms. The highest BCUT2D eigenvalue weighted by Gasteiger charge is 2.18. The summed E-state index contributed by atoms with van der Waals surface area (Å²) < 4.78 is 15.8. The van der Waals surface area contributed by atoms with Gasteiger partial charge in [0.25, 0.3) is 0 Å². The van der Waals surface area contributed by atoms with Crippen molar-refractivity contribution in [2.45, 2.75) is 71.9 Å². The van der Waals surface area contributed by atoms with Crippen molar-refractivity contribution in [3.05, 3.63) is 53.6 Å². The fourth-order valence-corrected chi connectivity index (χ4v) is 5.15. The van der Waals surface area contributed by atoms with E-state index in [0.717, 1.165) is 86.4 Å². The van der Waals surface area contributed by atoms with Gasteiger partial charge in [-0.15, -0.1) is 0 Å². The largest absolute Gasteiger partial charge is 0.497 e. The predicted octanol–water partition coefficient (Wildman–Crippen LogP) is 6.20. The minimum Gasteiger partial charge on any atom is -0.497 e. The first-order valence-electron chi connectivity index (χ1n) is 15.5. The summed E-state index contributed by atoms with van der Waals surface area (Å²) in [5, 5.41) is 12.5. The molecule has 0 bridgehead atoms. The van der Waals surface area contributed by atoms with Crippen molar-refractivity contribution in [1.82, 2.24) is 10.2 Å². The number of anilines is 1. The maximum absolute atomic E-state index is 9.16. The zero-order valence-electron chi connectivity index (χ0n) is 26.8. The molecule has 7 nitrogen and oxygen atoms in total. The zero-order valence-corrected chi connectivity index (χ0v) is 26.8. The molecule has 4 rings (SSSR count). The topological polar surface area (TPSA) is 66.4 Å². The maximum atomic E-state index is 9.16. The van der Waals surface area contributed by atoms with E-state index in [2.05, 4.69) is 74.1 Å². The first-order chi connectivity index (χ1) is 19.8. The number of fused-ring (bicyclic) bond motifs is 1. The highest BCUT2D eigenvalue weighted by molar-refractivity contribution is 5.61. The molecule has 234 valence electrons. The molecule has 0 aromatic heterocycles. The van der Waals surface area contributed by atoms with Gasteiger partial charge in [-0.3, -0.25) is 0 Å². The van der Waals surface area contributed by atoms with E-state index in [9.17, 15) is 0 Å². The first kappa shape index (κ1) is 34.9. The van der Waals surface area contributed by atoms with Crippen molar-refractivity contribution >= 4 is 5.69 Å². The lowest BCUT2D eigenvalue weighted by Crippen LogP contribution is -2.34. The van der Waals surface area contributed by atoms with Crippen LogP contribution in [0.25, 0.3) is 0 Å². The van der Waals surface area contributed by atoms with Gasteiger partial charge in [0, 0.05) is 34.3 Å². The van der Waals surface area contributed by atoms with Crippen LogP contribution in [-0.4, -0.2) is 83.3 Å². The van der Waals surface area contributed by atoms with Gasteiger partial charge in [0.2, 0.25) is 0 Å². The van der Waals surface area contributed by atoms with Crippen LogP contribution in [0.3, 0.4) is 0 Å². The highest BCUT2D eigenvalue weighted by atomic mass is 16.5. The van der Waals surface area contributed by atoms with Crippen molar-refractivity contribution in [3.8, 4) is 11.5 Å². The Balaban J connectivity index is 0.000000323. The summed E-state index contributed by atoms with van der Waals surface area (Å²) in [6.45, 7) is 16.0. The summed E-state index contributed by atoms with van der Waals surface area (Å²) in [6, 6.07) is 15.1. The maximum Gasteiger partial charge on any atom is 0.142 e. The lowest BCUT2D eigenvalue weighted by molar-refractivity contribution is 0.195. The number of nitrogens with zero attached hydrogens (tertiary/aromatic N) is 2. The number of hydrogen-bond acceptors (Lipinski definition) is 7. The fourth-order valence-electron chi connectivity index (χ4n) is 5.15. The normalized spacial score (nSPS) is 15.7. The van der Waals surface area contributed by atoms with Crippen LogP contribution in [-0.2, 0) is 11.3 Å². The van der Waals surface area contributed by atoms with Gasteiger partial charge in [-0.1, -0.05) is 39.0 Å². The minimum atomic E-state index is 0. The standard InChI is InChI=1S/C13H19NO3.C12H17NO.C9H21N.H2/c1-16-7-2-5-14-6-8-17-13-4-3-11(10-15)9-12(13)14;1-14-12-4-2-10(3-5-12)11-6-8-13-9-7-11;1-6-9(4)10(5)7-8(2)3;/h3-4,9,15H,2,5-8,10H2,1H3;2-5,11,13H,6-9H2,1H3;8-9H,6-7H2,1-5H3;1H. The quantitative estimate of drug-likeness (QED) is 0.311. The molecule has 2 heterocycles. The van der Waals surface area contributed by atoms with Gasteiger partial charge in [0.15, 0.2) is 0 Å². The summed E-state index contributed by atoms with van der Waals surface area (Å²) in [4.78, 5) is 4.71. The number of hydrogen-bond donors (Lipinski definition) is 2. The third kappa shape index (κ3) is 12.6. The second-order valence-corrected chi connectivity index (χ2v) is 11.5. The van der Waals surface area contributed by atoms with E-state index >= 15 is 0 Å². The van der Waals surface area contributed by atoms with Crippen molar-refractivity contribution < 1.29 is 20.7 Å². The molecule has 1 atom stereocenters. The number of aliphatic hydroxyl groups excluding tert-OH is 1. The minimum absolute atomic E-state index is 0. The Hall–Kier alpha value is -2.32. The van der Waals surface area contributed by atoms with Crippen LogP contribution in [0.15, 0.2) is 42.5 Å². The molecule has 1 fully saturated rings. The number of rotatable bonds is 11. The number of ether oxygens (including phenoxy) is 3. The van der Waals surface area contributed by atoms with E-state index in [0.29, 0.717) is 0 Å². The number of piperidine rings is 1. The average Bonchev–Trinajstić information content (AvgIpc) is 3.01. The van der Waals surface area contributed by atoms with Gasteiger partial charge in [-0.2, -0.15) is 0 Å². The van der Waals surface area contributed by atoms with Crippen LogP contribution in [0.5, 0.6) is 11.5 Å². The van der Waals surface area contributed by atoms with Crippen molar-refractivity contribution in [1.29, 1.82) is 0 Å². The molecular weight excluding hydrogens is 514 g/mol. The number of aliphatic hydroxyl groups is 1. The number of benzene rings is 2. The first-order valence-corrected chi connectivity index (χ1v) is 15.5. The van der Waals surface area contributed by atoms with Crippen LogP contribution in [0.2, 0.25) is 0 Å². The molecule has 2 aromatic rings. The molecule has 1 unspecified atom stereocenters. The molecule has 0 saturated carbocycles. The Kier molecular flexibility index (Phi) is 16.8. The summed E-state index contributed by atoms with van der Waals surface area (Å²) in [7, 11) is 5.63. The Labute approximate surface area is 251 Å². The average molecular weight is 574 g/mol. The molecule has 2 aromatic carbocycles. The van der Waals surface area contributed by atoms with E-state index in [4.69, 9.17) is 19.3 Å². The third-order valence-electron chi connectivity index (χ3n) is 7.86. The van der Waals surface area contributed by atoms with Crippen LogP contribution in [0.1, 0.15) is 71.8 Å². The smallest absolute Gasteiger partial charge is 0.142 e. The lowest BCUT2D eigenvalue weighted by atomic mass is 9.90. The summed E-state index contributed by atoms with van der Waals surface area (Å²) in [5.74, 6) is 3.38. The van der Waals surface area contributed by atoms with Crippen molar-refractivity contribution in [2.24, 2.45) is 5.92 Å². The second-order valence-electron chi connectivity index (χ2n) is 11.5. The molecule has 0 amide bonds. The SMILES string of the molecule is CCC(C)N(C)CC(C)C.COCCCN1CCOc2ccc(CO)cc21.COc1ccc(C2CCNCC2)cc1.[HH]. The van der Waals surface area contributed by atoms with Crippen LogP contribution >= 0.6 is 0 Å². The van der Waals surface area contributed by atoms with Gasteiger partial charge in [0.05, 0.1) is 25.9 Å². The molecule has 0 aliphatic carbocycles. The Bertz CT molecular complexity index is 954. The fraction of sp³-hybridized carbons (Fsp3) is 0.647. The molecule has 2 N–H and O–H groups in total. The van der Waals surface area contributed by atoms with Crippen molar-refractivity contribution in [3.63, 3.8) is 0 Å². The van der Waals surface area contributed by atoms with E-state index < -0.39 is 0 Å². The van der Waals surface area contributed by atoms with Crippen LogP contribution in [0.4, 0.5) is 5.69 Å². The Morgan fingerprint density at radius 2 is 1.80 bits per heavy atom. The molecule has 2 aliphatic heterocycles. The Morgan fingerprint density at radius 3 is 2.39 bits per heavy atom. The van der Waals surface area contributed by atoms with E-state index in [1.165, 1.54) is 31.4 Å². The third-order valence-corrected chi connectivity index (χ3v) is 7.86. The molecule has 0 spiro atoms. The Morgan fingerprint density at radius 1 is 1.10 bits per heavy atom. The molecule has 1 saturated heterocycles. The summed E-state index contributed by atoms with van der Waals surface area (Å²) in [5.41, 5.74) is 3.46. The van der Waals surface area contributed by atoms with Crippen LogP contribution in [0, 0.1) is 5.92 Å². The molecule has 0 radical (unpaired) electrons. The van der Waals surface area contributed by atoms with Crippen molar-refractivity contribution in [2.75, 3.05) is 72.1 Å². The van der Waals surface area contributed by atoms with Gasteiger partial charge >= 0.3 is 0 Å². The second kappa shape index (κ2) is 19.7.